The molecule has 0 N–H and O–H groups in total. The predicted octanol–water partition coefficient (Wildman–Crippen LogP) is 1.52. The van der Waals surface area contributed by atoms with Crippen LogP contribution >= 0.6 is 0 Å². The van der Waals surface area contributed by atoms with Gasteiger partial charge in [0, 0.05) is 30.8 Å². The minimum Gasteiger partial charge on any atom is -0.477 e. The summed E-state index contributed by atoms with van der Waals surface area (Å²) in [7, 11) is -3.10. The third-order valence-corrected chi connectivity index (χ3v) is 5.84. The SMILES string of the molecule is CS(=O)(=O)N1C[C@@H]2CCC[C@]2(COc2ccccn2)C1. The molecule has 1 aromatic heterocycles. The van der Waals surface area contributed by atoms with Gasteiger partial charge in [0.05, 0.1) is 12.9 Å². The lowest BCUT2D eigenvalue weighted by Crippen LogP contribution is -2.35. The van der Waals surface area contributed by atoms with Gasteiger partial charge in [-0.1, -0.05) is 12.5 Å². The second-order valence-electron chi connectivity index (χ2n) is 5.96. The fourth-order valence-corrected chi connectivity index (χ4v) is 4.45. The van der Waals surface area contributed by atoms with E-state index in [1.807, 2.05) is 18.2 Å². The molecule has 3 rings (SSSR count). The van der Waals surface area contributed by atoms with Gasteiger partial charge >= 0.3 is 0 Å². The first kappa shape index (κ1) is 13.8. The Kier molecular flexibility index (Phi) is 3.46. The molecule has 1 saturated heterocycles. The van der Waals surface area contributed by atoms with E-state index in [4.69, 9.17) is 4.74 Å². The van der Waals surface area contributed by atoms with Gasteiger partial charge in [-0.2, -0.15) is 0 Å². The second kappa shape index (κ2) is 5.00. The fraction of sp³-hybridized carbons (Fsp3) is 0.643. The van der Waals surface area contributed by atoms with E-state index in [1.165, 1.54) is 6.26 Å². The zero-order valence-electron chi connectivity index (χ0n) is 11.7. The van der Waals surface area contributed by atoms with Crippen molar-refractivity contribution in [2.75, 3.05) is 26.0 Å². The first-order valence-corrected chi connectivity index (χ1v) is 8.83. The van der Waals surface area contributed by atoms with Crippen LogP contribution in [0.5, 0.6) is 5.88 Å². The molecule has 2 heterocycles. The average Bonchev–Trinajstić information content (AvgIpc) is 2.94. The van der Waals surface area contributed by atoms with Crippen molar-refractivity contribution >= 4 is 10.0 Å². The van der Waals surface area contributed by atoms with E-state index in [1.54, 1.807) is 10.5 Å². The van der Waals surface area contributed by atoms with Crippen LogP contribution in [0.1, 0.15) is 19.3 Å². The number of hydrogen-bond acceptors (Lipinski definition) is 4. The Morgan fingerprint density at radius 2 is 2.35 bits per heavy atom. The van der Waals surface area contributed by atoms with E-state index in [-0.39, 0.29) is 5.41 Å². The van der Waals surface area contributed by atoms with Crippen LogP contribution in [-0.2, 0) is 10.0 Å². The van der Waals surface area contributed by atoms with Gasteiger partial charge in [0.1, 0.15) is 0 Å². The van der Waals surface area contributed by atoms with Crippen LogP contribution in [0.25, 0.3) is 0 Å². The first-order chi connectivity index (χ1) is 9.50. The fourth-order valence-electron chi connectivity index (χ4n) is 3.50. The maximum absolute atomic E-state index is 11.8. The molecule has 2 atom stereocenters. The van der Waals surface area contributed by atoms with Gasteiger partial charge in [0.25, 0.3) is 0 Å². The van der Waals surface area contributed by atoms with Gasteiger partial charge in [-0.05, 0) is 24.8 Å². The largest absolute Gasteiger partial charge is 0.477 e. The molecular weight excluding hydrogens is 276 g/mol. The summed E-state index contributed by atoms with van der Waals surface area (Å²) in [6.07, 6.45) is 6.29. The lowest BCUT2D eigenvalue weighted by molar-refractivity contribution is 0.130. The Morgan fingerprint density at radius 3 is 3.05 bits per heavy atom. The van der Waals surface area contributed by atoms with E-state index in [0.717, 1.165) is 19.3 Å². The quantitative estimate of drug-likeness (QED) is 0.845. The number of fused-ring (bicyclic) bond motifs is 1. The molecule has 0 amide bonds. The maximum Gasteiger partial charge on any atom is 0.213 e. The lowest BCUT2D eigenvalue weighted by atomic mass is 9.82. The number of rotatable bonds is 4. The molecular formula is C14H20N2O3S. The van der Waals surface area contributed by atoms with Crippen molar-refractivity contribution in [3.8, 4) is 5.88 Å². The van der Waals surface area contributed by atoms with Crippen LogP contribution in [0.3, 0.4) is 0 Å². The summed E-state index contributed by atoms with van der Waals surface area (Å²) < 4.78 is 30.9. The van der Waals surface area contributed by atoms with E-state index in [9.17, 15) is 8.42 Å². The first-order valence-electron chi connectivity index (χ1n) is 6.99. The Bertz CT molecular complexity index is 575. The molecule has 1 aliphatic heterocycles. The Labute approximate surface area is 120 Å². The van der Waals surface area contributed by atoms with Crippen LogP contribution in [0, 0.1) is 11.3 Å². The number of sulfonamides is 1. The zero-order chi connectivity index (χ0) is 14.2. The number of aromatic nitrogens is 1. The van der Waals surface area contributed by atoms with Gasteiger partial charge in [0.15, 0.2) is 0 Å². The molecule has 0 bridgehead atoms. The van der Waals surface area contributed by atoms with Crippen molar-refractivity contribution in [2.45, 2.75) is 19.3 Å². The van der Waals surface area contributed by atoms with Crippen molar-refractivity contribution < 1.29 is 13.2 Å². The Balaban J connectivity index is 1.73. The van der Waals surface area contributed by atoms with Gasteiger partial charge < -0.3 is 4.74 Å². The molecule has 1 aliphatic carbocycles. The minimum atomic E-state index is -3.10. The number of nitrogens with zero attached hydrogens (tertiary/aromatic N) is 2. The van der Waals surface area contributed by atoms with Crippen LogP contribution in [0.2, 0.25) is 0 Å². The summed E-state index contributed by atoms with van der Waals surface area (Å²) in [5.74, 6) is 1.03. The minimum absolute atomic E-state index is 0.0272. The molecule has 0 spiro atoms. The van der Waals surface area contributed by atoms with Crippen molar-refractivity contribution in [1.82, 2.24) is 9.29 Å². The summed E-state index contributed by atoms with van der Waals surface area (Å²) in [4.78, 5) is 4.16. The molecule has 6 heteroatoms. The third-order valence-electron chi connectivity index (χ3n) is 4.62. The van der Waals surface area contributed by atoms with Crippen LogP contribution < -0.4 is 4.74 Å². The molecule has 2 aliphatic rings. The molecule has 5 nitrogen and oxygen atoms in total. The zero-order valence-corrected chi connectivity index (χ0v) is 12.5. The van der Waals surface area contributed by atoms with E-state index in [0.29, 0.717) is 31.5 Å². The number of hydrogen-bond donors (Lipinski definition) is 0. The third kappa shape index (κ3) is 2.54. The summed E-state index contributed by atoms with van der Waals surface area (Å²) >= 11 is 0. The van der Waals surface area contributed by atoms with Gasteiger partial charge in [0.2, 0.25) is 15.9 Å². The Hall–Kier alpha value is -1.14. The highest BCUT2D eigenvalue weighted by Crippen LogP contribution is 2.49. The van der Waals surface area contributed by atoms with E-state index < -0.39 is 10.0 Å². The molecule has 2 fully saturated rings. The van der Waals surface area contributed by atoms with Crippen LogP contribution in [-0.4, -0.2) is 43.7 Å². The lowest BCUT2D eigenvalue weighted by Gasteiger charge is -2.28. The highest BCUT2D eigenvalue weighted by Gasteiger charge is 2.52. The predicted molar refractivity (Wildman–Crippen MR) is 75.9 cm³/mol. The van der Waals surface area contributed by atoms with Crippen molar-refractivity contribution in [3.05, 3.63) is 24.4 Å². The molecule has 1 aromatic rings. The Morgan fingerprint density at radius 1 is 1.50 bits per heavy atom. The highest BCUT2D eigenvalue weighted by atomic mass is 32.2. The van der Waals surface area contributed by atoms with Crippen molar-refractivity contribution in [1.29, 1.82) is 0 Å². The van der Waals surface area contributed by atoms with E-state index in [2.05, 4.69) is 4.98 Å². The molecule has 0 unspecified atom stereocenters. The molecule has 110 valence electrons. The molecule has 20 heavy (non-hydrogen) atoms. The highest BCUT2D eigenvalue weighted by molar-refractivity contribution is 7.88. The van der Waals surface area contributed by atoms with Gasteiger partial charge in [-0.3, -0.25) is 0 Å². The molecule has 0 aromatic carbocycles. The normalized spacial score (nSPS) is 30.4. The van der Waals surface area contributed by atoms with Crippen molar-refractivity contribution in [3.63, 3.8) is 0 Å². The topological polar surface area (TPSA) is 59.5 Å². The standard InChI is InChI=1S/C14H20N2O3S/c1-20(17,18)16-9-12-5-4-7-14(12,10-16)11-19-13-6-2-3-8-15-13/h2-3,6,8,12H,4-5,7,9-11H2,1H3/t12-,14+/m0/s1. The number of pyridine rings is 1. The second-order valence-corrected chi connectivity index (χ2v) is 7.95. The van der Waals surface area contributed by atoms with Gasteiger partial charge in [-0.15, -0.1) is 0 Å². The monoisotopic (exact) mass is 296 g/mol. The van der Waals surface area contributed by atoms with Crippen LogP contribution in [0.15, 0.2) is 24.4 Å². The van der Waals surface area contributed by atoms with Crippen LogP contribution in [0.4, 0.5) is 0 Å². The van der Waals surface area contributed by atoms with Gasteiger partial charge in [-0.25, -0.2) is 17.7 Å². The number of ether oxygens (including phenoxy) is 1. The smallest absolute Gasteiger partial charge is 0.213 e. The summed E-state index contributed by atoms with van der Waals surface area (Å²) in [5, 5.41) is 0. The summed E-state index contributed by atoms with van der Waals surface area (Å²) in [5.41, 5.74) is -0.0272. The summed E-state index contributed by atoms with van der Waals surface area (Å²) in [6, 6.07) is 5.58. The maximum atomic E-state index is 11.8. The van der Waals surface area contributed by atoms with E-state index >= 15 is 0 Å². The summed E-state index contributed by atoms with van der Waals surface area (Å²) in [6.45, 7) is 1.79. The average molecular weight is 296 g/mol. The molecule has 0 radical (unpaired) electrons. The molecule has 1 saturated carbocycles. The van der Waals surface area contributed by atoms with Crippen molar-refractivity contribution in [2.24, 2.45) is 11.3 Å².